The Hall–Kier alpha value is -3.02. The number of pyridine rings is 1. The van der Waals surface area contributed by atoms with Crippen molar-refractivity contribution < 1.29 is 4.39 Å². The lowest BCUT2D eigenvalue weighted by Gasteiger charge is -2.15. The van der Waals surface area contributed by atoms with Crippen molar-refractivity contribution in [3.05, 3.63) is 60.2 Å². The Morgan fingerprint density at radius 2 is 2.00 bits per heavy atom. The van der Waals surface area contributed by atoms with Gasteiger partial charge in [0.05, 0.1) is 5.69 Å². The Bertz CT molecular complexity index is 883. The highest BCUT2D eigenvalue weighted by molar-refractivity contribution is 5.68. The second-order valence-corrected chi connectivity index (χ2v) is 6.19. The van der Waals surface area contributed by atoms with Crippen LogP contribution < -0.4 is 10.6 Å². The number of nitrogens with one attached hydrogen (secondary N) is 2. The van der Waals surface area contributed by atoms with Crippen LogP contribution in [0.4, 0.5) is 21.8 Å². The number of aromatic nitrogens is 3. The summed E-state index contributed by atoms with van der Waals surface area (Å²) in [5.41, 5.74) is 2.86. The Morgan fingerprint density at radius 1 is 1.15 bits per heavy atom. The van der Waals surface area contributed by atoms with E-state index in [9.17, 15) is 4.39 Å². The van der Waals surface area contributed by atoms with E-state index in [2.05, 4.69) is 39.4 Å². The van der Waals surface area contributed by atoms with Crippen LogP contribution in [-0.4, -0.2) is 21.0 Å². The maximum Gasteiger partial charge on any atom is 0.225 e. The van der Waals surface area contributed by atoms with E-state index in [4.69, 9.17) is 0 Å². The van der Waals surface area contributed by atoms with Crippen molar-refractivity contribution in [2.24, 2.45) is 0 Å². The molecule has 1 aromatic carbocycles. The zero-order valence-electron chi connectivity index (χ0n) is 15.1. The summed E-state index contributed by atoms with van der Waals surface area (Å²) in [5.74, 6) is 0.866. The van der Waals surface area contributed by atoms with Gasteiger partial charge >= 0.3 is 0 Å². The largest absolute Gasteiger partial charge is 0.352 e. The summed E-state index contributed by atoms with van der Waals surface area (Å²) >= 11 is 0. The third-order valence-corrected chi connectivity index (χ3v) is 4.20. The van der Waals surface area contributed by atoms with Crippen LogP contribution >= 0.6 is 0 Å². The molecule has 26 heavy (non-hydrogen) atoms. The van der Waals surface area contributed by atoms with Gasteiger partial charge in [-0.05, 0) is 44.5 Å². The third-order valence-electron chi connectivity index (χ3n) is 4.20. The average molecular weight is 351 g/mol. The van der Waals surface area contributed by atoms with E-state index >= 15 is 0 Å². The minimum absolute atomic E-state index is 0.239. The number of hydrogen-bond acceptors (Lipinski definition) is 5. The van der Waals surface area contributed by atoms with Crippen molar-refractivity contribution in [2.45, 2.75) is 33.2 Å². The summed E-state index contributed by atoms with van der Waals surface area (Å²) in [6.45, 7) is 5.90. The van der Waals surface area contributed by atoms with Gasteiger partial charge in [-0.1, -0.05) is 13.0 Å². The molecule has 5 nitrogen and oxygen atoms in total. The quantitative estimate of drug-likeness (QED) is 0.658. The zero-order chi connectivity index (χ0) is 18.5. The fourth-order valence-electron chi connectivity index (χ4n) is 2.44. The van der Waals surface area contributed by atoms with Gasteiger partial charge in [0.25, 0.3) is 0 Å². The van der Waals surface area contributed by atoms with Gasteiger partial charge < -0.3 is 10.6 Å². The molecule has 3 rings (SSSR count). The molecule has 0 spiro atoms. The molecule has 0 amide bonds. The number of nitrogens with zero attached hydrogens (tertiary/aromatic N) is 3. The number of rotatable bonds is 6. The summed E-state index contributed by atoms with van der Waals surface area (Å²) in [4.78, 5) is 13.3. The maximum atomic E-state index is 13.8. The number of benzene rings is 1. The Kier molecular flexibility index (Phi) is 5.41. The van der Waals surface area contributed by atoms with Gasteiger partial charge in [-0.25, -0.2) is 9.37 Å². The van der Waals surface area contributed by atoms with E-state index in [1.807, 2.05) is 24.3 Å². The van der Waals surface area contributed by atoms with E-state index in [0.717, 1.165) is 17.7 Å². The first kappa shape index (κ1) is 17.8. The lowest BCUT2D eigenvalue weighted by atomic mass is 10.2. The minimum atomic E-state index is -0.255. The number of hydrogen-bond donors (Lipinski definition) is 2. The molecule has 0 saturated carbocycles. The molecule has 0 unspecified atom stereocenters. The van der Waals surface area contributed by atoms with Crippen molar-refractivity contribution in [1.82, 2.24) is 15.0 Å². The van der Waals surface area contributed by atoms with Gasteiger partial charge in [-0.3, -0.25) is 4.98 Å². The number of halogens is 1. The Morgan fingerprint density at radius 3 is 2.73 bits per heavy atom. The molecule has 0 aliphatic heterocycles. The van der Waals surface area contributed by atoms with Crippen molar-refractivity contribution in [3.8, 4) is 11.3 Å². The molecule has 0 bridgehead atoms. The highest BCUT2D eigenvalue weighted by Gasteiger charge is 2.11. The second kappa shape index (κ2) is 7.91. The Labute approximate surface area is 152 Å². The van der Waals surface area contributed by atoms with Gasteiger partial charge in [-0.2, -0.15) is 4.98 Å². The fourth-order valence-corrected chi connectivity index (χ4v) is 2.44. The van der Waals surface area contributed by atoms with E-state index < -0.39 is 0 Å². The monoisotopic (exact) mass is 351 g/mol. The SMILES string of the molecule is CC[C@H](C)Nc1nc(Nc2cccc(F)c2C)cc(-c2cccnc2)n1. The highest BCUT2D eigenvalue weighted by Crippen LogP contribution is 2.25. The predicted molar refractivity (Wildman–Crippen MR) is 103 cm³/mol. The first-order valence-electron chi connectivity index (χ1n) is 8.65. The third kappa shape index (κ3) is 4.14. The van der Waals surface area contributed by atoms with Crippen LogP contribution in [0.15, 0.2) is 48.8 Å². The van der Waals surface area contributed by atoms with E-state index in [-0.39, 0.29) is 11.9 Å². The Balaban J connectivity index is 2.00. The van der Waals surface area contributed by atoms with E-state index in [1.165, 1.54) is 6.07 Å². The topological polar surface area (TPSA) is 62.7 Å². The molecule has 0 saturated heterocycles. The first-order valence-corrected chi connectivity index (χ1v) is 8.65. The molecule has 0 aliphatic rings. The molecular weight excluding hydrogens is 329 g/mol. The van der Waals surface area contributed by atoms with Crippen molar-refractivity contribution in [2.75, 3.05) is 10.6 Å². The molecule has 0 radical (unpaired) electrons. The van der Waals surface area contributed by atoms with Gasteiger partial charge in [0.2, 0.25) is 5.95 Å². The van der Waals surface area contributed by atoms with Crippen molar-refractivity contribution in [1.29, 1.82) is 0 Å². The average Bonchev–Trinajstić information content (AvgIpc) is 2.66. The standard InChI is InChI=1S/C20H22FN5/c1-4-13(2)23-20-25-18(15-7-6-10-22-12-15)11-19(26-20)24-17-9-5-8-16(21)14(17)3/h5-13H,4H2,1-3H3,(H2,23,24,25,26)/t13-/m0/s1. The van der Waals surface area contributed by atoms with Crippen LogP contribution in [0.1, 0.15) is 25.8 Å². The molecule has 0 aliphatic carbocycles. The highest BCUT2D eigenvalue weighted by atomic mass is 19.1. The van der Waals surface area contributed by atoms with Crippen LogP contribution in [0, 0.1) is 12.7 Å². The zero-order valence-corrected chi connectivity index (χ0v) is 15.1. The summed E-state index contributed by atoms with van der Waals surface area (Å²) in [5, 5.41) is 6.50. The molecule has 2 N–H and O–H groups in total. The molecule has 1 atom stereocenters. The van der Waals surface area contributed by atoms with Gasteiger partial charge in [-0.15, -0.1) is 0 Å². The summed E-state index contributed by atoms with van der Waals surface area (Å²) in [7, 11) is 0. The fraction of sp³-hybridized carbons (Fsp3) is 0.250. The smallest absolute Gasteiger partial charge is 0.225 e. The van der Waals surface area contributed by atoms with Crippen LogP contribution in [0.5, 0.6) is 0 Å². The molecule has 2 heterocycles. The van der Waals surface area contributed by atoms with Crippen LogP contribution in [0.3, 0.4) is 0 Å². The first-order chi connectivity index (χ1) is 12.6. The summed E-state index contributed by atoms with van der Waals surface area (Å²) in [6, 6.07) is 10.8. The molecule has 3 aromatic rings. The minimum Gasteiger partial charge on any atom is -0.352 e. The lowest BCUT2D eigenvalue weighted by Crippen LogP contribution is -2.16. The van der Waals surface area contributed by atoms with Crippen molar-refractivity contribution >= 4 is 17.5 Å². The van der Waals surface area contributed by atoms with Crippen LogP contribution in [-0.2, 0) is 0 Å². The van der Waals surface area contributed by atoms with Gasteiger partial charge in [0.15, 0.2) is 0 Å². The molecule has 0 fully saturated rings. The van der Waals surface area contributed by atoms with Crippen LogP contribution in [0.2, 0.25) is 0 Å². The number of anilines is 3. The lowest BCUT2D eigenvalue weighted by molar-refractivity contribution is 0.619. The maximum absolute atomic E-state index is 13.8. The van der Waals surface area contributed by atoms with Crippen LogP contribution in [0.25, 0.3) is 11.3 Å². The van der Waals surface area contributed by atoms with Crippen molar-refractivity contribution in [3.63, 3.8) is 0 Å². The van der Waals surface area contributed by atoms with Gasteiger partial charge in [0.1, 0.15) is 11.6 Å². The predicted octanol–water partition coefficient (Wildman–Crippen LogP) is 4.94. The van der Waals surface area contributed by atoms with Gasteiger partial charge in [0, 0.05) is 41.3 Å². The van der Waals surface area contributed by atoms with E-state index in [1.54, 1.807) is 25.4 Å². The van der Waals surface area contributed by atoms with E-state index in [0.29, 0.717) is 23.0 Å². The molecule has 6 heteroatoms. The summed E-state index contributed by atoms with van der Waals surface area (Å²) < 4.78 is 13.8. The molecule has 134 valence electrons. The molecular formula is C20H22FN5. The normalized spacial score (nSPS) is 11.8. The second-order valence-electron chi connectivity index (χ2n) is 6.19. The summed E-state index contributed by atoms with van der Waals surface area (Å²) in [6.07, 6.45) is 4.43. The molecule has 2 aromatic heterocycles.